The molecule has 748 valence electrons. The van der Waals surface area contributed by atoms with Crippen molar-refractivity contribution in [3.63, 3.8) is 0 Å². The van der Waals surface area contributed by atoms with E-state index in [1.54, 1.807) is 129 Å². The van der Waals surface area contributed by atoms with Gasteiger partial charge in [-0.25, -0.2) is 8.78 Å². The lowest BCUT2D eigenvalue weighted by Gasteiger charge is -2.43. The van der Waals surface area contributed by atoms with Crippen LogP contribution in [0.4, 0.5) is 8.78 Å². The molecule has 10 aliphatic heterocycles. The Morgan fingerprint density at radius 1 is 0.320 bits per heavy atom. The number of aromatic hydroxyl groups is 5. The number of likely N-dealkylation sites (tertiary alicyclic amines) is 5. The normalized spacial score (nSPS) is 15.9. The van der Waals surface area contributed by atoms with Gasteiger partial charge in [0.15, 0.2) is 0 Å². The molecular weight excluding hydrogens is 1930 g/mol. The van der Waals surface area contributed by atoms with Gasteiger partial charge in [0.2, 0.25) is 35.4 Å². The lowest BCUT2D eigenvalue weighted by molar-refractivity contribution is -0.133. The third kappa shape index (κ3) is 18.1. The first-order chi connectivity index (χ1) is 72.2. The Hall–Kier alpha value is -18.7. The molecule has 10 heterocycles. The number of primary amides is 1. The molecule has 7 N–H and O–H groups in total. The first-order valence-corrected chi connectivity index (χ1v) is 48.5. The van der Waals surface area contributed by atoms with Gasteiger partial charge in [-0.2, -0.15) is 5.26 Å². The zero-order chi connectivity index (χ0) is 106. The molecule has 32 heteroatoms. The fourth-order valence-electron chi connectivity index (χ4n) is 21.2. The molecule has 0 spiro atoms. The number of nitriles is 1. The minimum atomic E-state index is -0.612. The van der Waals surface area contributed by atoms with Crippen molar-refractivity contribution in [1.82, 2.24) is 49.0 Å². The van der Waals surface area contributed by atoms with Crippen LogP contribution >= 0.6 is 11.6 Å². The Kier molecular flexibility index (Phi) is 26.1. The second-order valence-corrected chi connectivity index (χ2v) is 38.5. The summed E-state index contributed by atoms with van der Waals surface area (Å²) in [5, 5.41) is 67.4. The largest absolute Gasteiger partial charge is 0.508 e. The minimum absolute atomic E-state index is 0.0382. The van der Waals surface area contributed by atoms with Gasteiger partial charge in [-0.1, -0.05) is 148 Å². The molecule has 0 unspecified atom stereocenters. The van der Waals surface area contributed by atoms with Gasteiger partial charge in [-0.05, 0) is 256 Å². The molecule has 5 fully saturated rings. The second kappa shape index (κ2) is 39.7. The Morgan fingerprint density at radius 3 is 1.05 bits per heavy atom. The number of halogens is 3. The molecule has 0 bridgehead atoms. The summed E-state index contributed by atoms with van der Waals surface area (Å²) in [6.45, 7) is 22.9. The Balaban J connectivity index is 0.000000113. The van der Waals surface area contributed by atoms with Crippen LogP contribution in [0.25, 0.3) is 98.7 Å². The van der Waals surface area contributed by atoms with Crippen molar-refractivity contribution in [3.05, 3.63) is 377 Å². The summed E-state index contributed by atoms with van der Waals surface area (Å²) in [5.41, 5.74) is 17.2. The minimum Gasteiger partial charge on any atom is -0.508 e. The van der Waals surface area contributed by atoms with Crippen molar-refractivity contribution in [3.8, 4) is 90.5 Å². The number of benzene rings is 14. The van der Waals surface area contributed by atoms with Crippen LogP contribution in [0.3, 0.4) is 0 Å². The molecule has 0 aromatic heterocycles. The summed E-state index contributed by atoms with van der Waals surface area (Å²) in [6.07, 6.45) is 6.27. The monoisotopic (exact) mass is 2020 g/mol. The molecule has 10 aliphatic rings. The highest BCUT2D eigenvalue weighted by Crippen LogP contribution is 2.46. The summed E-state index contributed by atoms with van der Waals surface area (Å²) in [4.78, 5) is 165. The number of fused-ring (bicyclic) bond motifs is 9. The smallest absolute Gasteiger partial charge is 0.261 e. The van der Waals surface area contributed by atoms with Crippen LogP contribution in [0, 0.1) is 23.0 Å². The summed E-state index contributed by atoms with van der Waals surface area (Å²) in [5.74, 6) is -3.39. The van der Waals surface area contributed by atoms with Crippen LogP contribution in [0.2, 0.25) is 5.02 Å². The highest BCUT2D eigenvalue weighted by atomic mass is 35.5. The summed E-state index contributed by atoms with van der Waals surface area (Å²) >= 11 is 6.14. The van der Waals surface area contributed by atoms with Crippen LogP contribution in [0.1, 0.15) is 100 Å². The molecule has 0 atom stereocenters. The zero-order valence-electron chi connectivity index (χ0n) is 80.4. The highest BCUT2D eigenvalue weighted by molar-refractivity contribution is 6.33. The molecule has 0 saturated carbocycles. The van der Waals surface area contributed by atoms with Gasteiger partial charge in [0, 0.05) is 147 Å². The number of nitrogens with two attached hydrogens (primary N) is 1. The van der Waals surface area contributed by atoms with Crippen LogP contribution in [0.15, 0.2) is 294 Å². The van der Waals surface area contributed by atoms with Gasteiger partial charge >= 0.3 is 0 Å². The molecule has 14 aromatic rings. The van der Waals surface area contributed by atoms with Gasteiger partial charge < -0.3 is 75.4 Å². The summed E-state index contributed by atoms with van der Waals surface area (Å²) in [7, 11) is 0. The molecular formula is C118H93ClF2N12O17. The Bertz CT molecular complexity index is 8340. The van der Waals surface area contributed by atoms with E-state index in [1.807, 2.05) is 103 Å². The molecule has 29 nitrogen and oxygen atoms in total. The molecule has 150 heavy (non-hydrogen) atoms. The van der Waals surface area contributed by atoms with Gasteiger partial charge in [-0.3, -0.25) is 62.4 Å². The standard InChI is InChI=1S/C25H21N3O4.C25H19N3O3.C24H19FN2O3.C24H18N2O4.C20H16ClFN2O3/c1-2-23(30)27-11-16(12-27)28-13-22-20(24(26)31)8-15(9-21(22)25(28)32)19-10-17(29)7-14-5-3-4-6-18(14)19;1-2-24(30)27-12-18(13-27)28-14-23-17(11-26)7-16(9-22(23)25(28)31)21-10-19(29)8-15-5-3-4-6-20(15)21;1-2-23(29)26-12-16(13-26)27-11-15-8-22(25)21(10-19(15)24(27)30)20-9-17(28)7-14-5-3-4-6-18(14)20;1-2-22(28)25-12-16(13-25)26-23(29)19-8-7-15(10-21(19)24(26)30)20-11-17(27)9-14-5-3-4-6-18(14)20;1-2-19(26)23-9-12(10-23)24-8-11-5-18(22)16(7-14(11)20(24)27)15-6-13(25)3-4-17(15)21/h2-10,16,29H,1,11-13H2,(H2,26,31);2-10,18,29H,1,12-14H2;2-10,16,28H,1,11-13H2;2-11,16,27H,1,12-13H2;2-7,12,25H,1,8-10H2. The topological polar surface area (TPSA) is 388 Å². The quantitative estimate of drug-likeness (QED) is 0.0386. The lowest BCUT2D eigenvalue weighted by Crippen LogP contribution is -2.62. The molecule has 5 saturated heterocycles. The maximum absolute atomic E-state index is 15.1. The van der Waals surface area contributed by atoms with Crippen molar-refractivity contribution in [1.29, 1.82) is 5.26 Å². The third-order valence-electron chi connectivity index (χ3n) is 29.2. The van der Waals surface area contributed by atoms with E-state index in [0.29, 0.717) is 174 Å². The number of imide groups is 1. The van der Waals surface area contributed by atoms with E-state index in [2.05, 4.69) is 39.0 Å². The first kappa shape index (κ1) is 98.7. The van der Waals surface area contributed by atoms with Crippen molar-refractivity contribution >= 4 is 126 Å². The number of phenolic OH excluding ortho intramolecular Hbond substituents is 5. The number of hydrogen-bond acceptors (Lipinski definition) is 18. The van der Waals surface area contributed by atoms with E-state index in [1.165, 1.54) is 77.7 Å². The van der Waals surface area contributed by atoms with Gasteiger partial charge in [0.25, 0.3) is 35.4 Å². The predicted molar refractivity (Wildman–Crippen MR) is 559 cm³/mol. The fourth-order valence-corrected chi connectivity index (χ4v) is 21.4. The number of rotatable bonds is 16. The van der Waals surface area contributed by atoms with Crippen molar-refractivity contribution in [2.45, 2.75) is 56.4 Å². The van der Waals surface area contributed by atoms with Gasteiger partial charge in [0.1, 0.15) is 40.4 Å². The van der Waals surface area contributed by atoms with Gasteiger partial charge in [0.05, 0.1) is 53.0 Å². The van der Waals surface area contributed by atoms with Crippen LogP contribution in [0.5, 0.6) is 28.7 Å². The number of phenols is 5. The molecule has 0 aliphatic carbocycles. The molecule has 14 aromatic carbocycles. The van der Waals surface area contributed by atoms with E-state index >= 15 is 4.39 Å². The average Bonchev–Trinajstić information content (AvgIpc) is 1.61. The van der Waals surface area contributed by atoms with E-state index in [4.69, 9.17) is 17.3 Å². The molecule has 12 amide bonds. The van der Waals surface area contributed by atoms with Crippen molar-refractivity contribution < 1.29 is 91.8 Å². The van der Waals surface area contributed by atoms with Crippen LogP contribution in [-0.4, -0.2) is 241 Å². The van der Waals surface area contributed by atoms with Gasteiger partial charge in [-0.15, -0.1) is 0 Å². The average molecular weight is 2020 g/mol. The SMILES string of the molecule is C=CC(=O)N1CC(N2C(=O)c3ccc(-c4cc(O)cc5ccccc45)cc3C2=O)C1.C=CC(=O)N1CC(N2Cc3c(C#N)cc(-c4cc(O)cc5ccccc45)cc3C2=O)C1.C=CC(=O)N1CC(N2Cc3c(C(N)=O)cc(-c4cc(O)cc5ccccc45)cc3C2=O)C1.C=CC(=O)N1CC(N2Cc3cc(F)c(-c4cc(O)cc5ccccc45)cc3C2=O)C1.C=CC(=O)N1CC(N2Cc3cc(F)c(-c4cc(O)ccc4Cl)cc3C2=O)C1. The van der Waals surface area contributed by atoms with E-state index in [0.717, 1.165) is 65.3 Å². The van der Waals surface area contributed by atoms with Crippen molar-refractivity contribution in [2.24, 2.45) is 5.73 Å². The molecule has 24 rings (SSSR count). The van der Waals surface area contributed by atoms with E-state index < -0.39 is 17.5 Å². The number of amides is 12. The first-order valence-electron chi connectivity index (χ1n) is 48.1. The Morgan fingerprint density at radius 2 is 0.647 bits per heavy atom. The summed E-state index contributed by atoms with van der Waals surface area (Å²) < 4.78 is 29.8. The maximum Gasteiger partial charge on any atom is 0.261 e. The van der Waals surface area contributed by atoms with Crippen LogP contribution < -0.4 is 5.73 Å². The lowest BCUT2D eigenvalue weighted by atomic mass is 9.92. The number of carbonyl (C=O) groups excluding carboxylic acids is 12. The number of nitrogens with zero attached hydrogens (tertiary/aromatic N) is 11. The fraction of sp³-hybridized carbons (Fsp3) is 0.161. The third-order valence-corrected chi connectivity index (χ3v) is 29.5. The number of hydrogen-bond donors (Lipinski definition) is 6. The van der Waals surface area contributed by atoms with Crippen LogP contribution in [-0.2, 0) is 50.2 Å². The maximum atomic E-state index is 15.1. The van der Waals surface area contributed by atoms with E-state index in [-0.39, 0.29) is 147 Å². The van der Waals surface area contributed by atoms with Crippen molar-refractivity contribution in [2.75, 3.05) is 65.4 Å². The van der Waals surface area contributed by atoms with E-state index in [9.17, 15) is 92.7 Å². The highest BCUT2D eigenvalue weighted by Gasteiger charge is 2.49. The Labute approximate surface area is 861 Å². The summed E-state index contributed by atoms with van der Waals surface area (Å²) in [6, 6.07) is 67.3. The predicted octanol–water partition coefficient (Wildman–Crippen LogP) is 16.2. The number of carbonyl (C=O) groups is 12. The molecule has 0 radical (unpaired) electrons. The zero-order valence-corrected chi connectivity index (χ0v) is 81.2. The second-order valence-electron chi connectivity index (χ2n) is 38.1.